The van der Waals surface area contributed by atoms with Gasteiger partial charge in [-0.3, -0.25) is 14.4 Å². The number of anilines is 2. The van der Waals surface area contributed by atoms with Gasteiger partial charge in [-0.25, -0.2) is 9.69 Å². The monoisotopic (exact) mass is 482 g/mol. The summed E-state index contributed by atoms with van der Waals surface area (Å²) in [6, 6.07) is 15.3. The Morgan fingerprint density at radius 1 is 0.939 bits per heavy atom. The van der Waals surface area contributed by atoms with E-state index >= 15 is 0 Å². The second-order valence-corrected chi connectivity index (χ2v) is 8.06. The van der Waals surface area contributed by atoms with E-state index in [2.05, 4.69) is 5.32 Å². The van der Waals surface area contributed by atoms with E-state index in [9.17, 15) is 19.2 Å². The number of hydrogen-bond acceptors (Lipinski definition) is 5. The van der Waals surface area contributed by atoms with Crippen LogP contribution in [0.15, 0.2) is 60.7 Å². The predicted molar refractivity (Wildman–Crippen MR) is 124 cm³/mol. The van der Waals surface area contributed by atoms with E-state index in [-0.39, 0.29) is 16.7 Å². The molecule has 7 nitrogen and oxygen atoms in total. The molecular formula is C24H16Cl2N2O5. The van der Waals surface area contributed by atoms with Gasteiger partial charge in [0.15, 0.2) is 6.61 Å². The van der Waals surface area contributed by atoms with Crippen LogP contribution >= 0.6 is 23.2 Å². The molecule has 1 aliphatic rings. The van der Waals surface area contributed by atoms with Crippen LogP contribution in [-0.2, 0) is 9.53 Å². The number of halogens is 2. The van der Waals surface area contributed by atoms with Crippen LogP contribution in [0, 0.1) is 6.92 Å². The van der Waals surface area contributed by atoms with Crippen molar-refractivity contribution in [3.05, 3.63) is 93.0 Å². The third-order valence-electron chi connectivity index (χ3n) is 5.08. The van der Waals surface area contributed by atoms with Crippen LogP contribution in [0.1, 0.15) is 36.6 Å². The number of rotatable bonds is 5. The molecule has 3 aromatic carbocycles. The summed E-state index contributed by atoms with van der Waals surface area (Å²) in [7, 11) is 0. The number of amides is 3. The van der Waals surface area contributed by atoms with E-state index in [0.717, 1.165) is 4.90 Å². The van der Waals surface area contributed by atoms with Crippen molar-refractivity contribution in [1.82, 2.24) is 0 Å². The molecule has 3 aromatic rings. The van der Waals surface area contributed by atoms with Gasteiger partial charge in [0.1, 0.15) is 0 Å². The number of hydrogen-bond donors (Lipinski definition) is 1. The first kappa shape index (κ1) is 22.5. The molecule has 0 bridgehead atoms. The van der Waals surface area contributed by atoms with Crippen molar-refractivity contribution in [2.75, 3.05) is 16.8 Å². The number of esters is 1. The van der Waals surface area contributed by atoms with Gasteiger partial charge in [-0.1, -0.05) is 29.3 Å². The number of carbonyl (C=O) groups is 4. The summed E-state index contributed by atoms with van der Waals surface area (Å²) in [5.74, 6) is -2.43. The fourth-order valence-corrected chi connectivity index (χ4v) is 3.64. The second-order valence-electron chi connectivity index (χ2n) is 7.22. The van der Waals surface area contributed by atoms with Gasteiger partial charge in [-0.15, -0.1) is 0 Å². The molecule has 0 unspecified atom stereocenters. The summed E-state index contributed by atoms with van der Waals surface area (Å²) in [4.78, 5) is 51.2. The van der Waals surface area contributed by atoms with Crippen molar-refractivity contribution in [3.8, 4) is 0 Å². The van der Waals surface area contributed by atoms with Crippen LogP contribution < -0.4 is 10.2 Å². The molecule has 0 fully saturated rings. The molecule has 0 spiro atoms. The quantitative estimate of drug-likeness (QED) is 0.412. The molecular weight excluding hydrogens is 467 g/mol. The molecule has 0 radical (unpaired) electrons. The SMILES string of the molecule is Cc1c(Cl)cccc1NC(=O)COC(=O)c1ccc2c(c1)C(=O)N(c1ccc(Cl)cc1)C2=O. The highest BCUT2D eigenvalue weighted by molar-refractivity contribution is 6.35. The first-order valence-corrected chi connectivity index (χ1v) is 10.5. The maximum Gasteiger partial charge on any atom is 0.338 e. The largest absolute Gasteiger partial charge is 0.452 e. The number of fused-ring (bicyclic) bond motifs is 1. The lowest BCUT2D eigenvalue weighted by molar-refractivity contribution is -0.119. The number of nitrogens with one attached hydrogen (secondary N) is 1. The van der Waals surface area contributed by atoms with E-state index in [4.69, 9.17) is 27.9 Å². The molecule has 33 heavy (non-hydrogen) atoms. The molecule has 4 rings (SSSR count). The maximum absolute atomic E-state index is 12.8. The molecule has 0 atom stereocenters. The van der Waals surface area contributed by atoms with Crippen molar-refractivity contribution in [2.45, 2.75) is 6.92 Å². The molecule has 1 heterocycles. The zero-order valence-corrected chi connectivity index (χ0v) is 18.7. The predicted octanol–water partition coefficient (Wildman–Crippen LogP) is 4.90. The van der Waals surface area contributed by atoms with Gasteiger partial charge in [0.2, 0.25) is 0 Å². The van der Waals surface area contributed by atoms with Crippen molar-refractivity contribution >= 4 is 58.3 Å². The lowest BCUT2D eigenvalue weighted by Gasteiger charge is -2.13. The number of benzene rings is 3. The van der Waals surface area contributed by atoms with Crippen molar-refractivity contribution < 1.29 is 23.9 Å². The standard InChI is InChI=1S/C24H16Cl2N2O5/c1-13-19(26)3-2-4-20(13)27-21(29)12-33-24(32)14-5-10-17-18(11-14)23(31)28(22(17)30)16-8-6-15(25)7-9-16/h2-11H,12H2,1H3,(H,27,29). The normalized spacial score (nSPS) is 12.5. The van der Waals surface area contributed by atoms with Crippen LogP contribution in [0.4, 0.5) is 11.4 Å². The number of ether oxygens (including phenoxy) is 1. The summed E-state index contributed by atoms with van der Waals surface area (Å²) in [5.41, 5.74) is 1.84. The molecule has 1 N–H and O–H groups in total. The van der Waals surface area contributed by atoms with Gasteiger partial charge in [0, 0.05) is 15.7 Å². The van der Waals surface area contributed by atoms with Crippen LogP contribution in [0.2, 0.25) is 10.0 Å². The second kappa shape index (κ2) is 9.05. The molecule has 0 saturated carbocycles. The molecule has 3 amide bonds. The third kappa shape index (κ3) is 4.46. The van der Waals surface area contributed by atoms with Gasteiger partial charge in [0.05, 0.1) is 22.4 Å². The summed E-state index contributed by atoms with van der Waals surface area (Å²) in [6.07, 6.45) is 0. The van der Waals surface area contributed by atoms with Crippen LogP contribution in [0.5, 0.6) is 0 Å². The Kier molecular flexibility index (Phi) is 6.18. The topological polar surface area (TPSA) is 92.8 Å². The lowest BCUT2D eigenvalue weighted by Crippen LogP contribution is -2.29. The Labute approximate surface area is 198 Å². The van der Waals surface area contributed by atoms with E-state index in [0.29, 0.717) is 27.0 Å². The van der Waals surface area contributed by atoms with E-state index in [1.165, 1.54) is 18.2 Å². The van der Waals surface area contributed by atoms with Gasteiger partial charge >= 0.3 is 5.97 Å². The Bertz CT molecular complexity index is 1300. The Balaban J connectivity index is 1.45. The minimum Gasteiger partial charge on any atom is -0.452 e. The fourth-order valence-electron chi connectivity index (χ4n) is 3.34. The van der Waals surface area contributed by atoms with Crippen molar-refractivity contribution in [3.63, 3.8) is 0 Å². The minimum absolute atomic E-state index is 0.0413. The first-order valence-electron chi connectivity index (χ1n) is 9.77. The van der Waals surface area contributed by atoms with E-state index in [1.54, 1.807) is 49.4 Å². The molecule has 1 aliphatic heterocycles. The maximum atomic E-state index is 12.8. The van der Waals surface area contributed by atoms with Crippen LogP contribution in [0.25, 0.3) is 0 Å². The smallest absolute Gasteiger partial charge is 0.338 e. The van der Waals surface area contributed by atoms with Gasteiger partial charge in [0.25, 0.3) is 17.7 Å². The molecule has 9 heteroatoms. The number of carbonyl (C=O) groups excluding carboxylic acids is 4. The highest BCUT2D eigenvalue weighted by Gasteiger charge is 2.37. The third-order valence-corrected chi connectivity index (χ3v) is 5.74. The van der Waals surface area contributed by atoms with Gasteiger partial charge < -0.3 is 10.1 Å². The van der Waals surface area contributed by atoms with Crippen molar-refractivity contribution in [2.24, 2.45) is 0 Å². The molecule has 0 aliphatic carbocycles. The highest BCUT2D eigenvalue weighted by atomic mass is 35.5. The lowest BCUT2D eigenvalue weighted by atomic mass is 10.1. The van der Waals surface area contributed by atoms with Gasteiger partial charge in [-0.05, 0) is 67.1 Å². The summed E-state index contributed by atoms with van der Waals surface area (Å²) < 4.78 is 5.07. The average molecular weight is 483 g/mol. The average Bonchev–Trinajstić information content (AvgIpc) is 3.05. The molecule has 166 valence electrons. The first-order chi connectivity index (χ1) is 15.8. The summed E-state index contributed by atoms with van der Waals surface area (Å²) in [6.45, 7) is 1.21. The fraction of sp³-hybridized carbons (Fsp3) is 0.0833. The Morgan fingerprint density at radius 3 is 2.36 bits per heavy atom. The highest BCUT2D eigenvalue weighted by Crippen LogP contribution is 2.30. The number of imide groups is 1. The molecule has 0 aromatic heterocycles. The number of nitrogens with zero attached hydrogens (tertiary/aromatic N) is 1. The minimum atomic E-state index is -0.805. The zero-order chi connectivity index (χ0) is 23.7. The van der Waals surface area contributed by atoms with Crippen LogP contribution in [-0.4, -0.2) is 30.3 Å². The van der Waals surface area contributed by atoms with E-state index < -0.39 is 30.3 Å². The van der Waals surface area contributed by atoms with Crippen LogP contribution in [0.3, 0.4) is 0 Å². The zero-order valence-electron chi connectivity index (χ0n) is 17.2. The van der Waals surface area contributed by atoms with Crippen molar-refractivity contribution in [1.29, 1.82) is 0 Å². The van der Waals surface area contributed by atoms with Gasteiger partial charge in [-0.2, -0.15) is 0 Å². The Hall–Kier alpha value is -3.68. The summed E-state index contributed by atoms with van der Waals surface area (Å²) in [5, 5.41) is 3.59. The van der Waals surface area contributed by atoms with E-state index in [1.807, 2.05) is 0 Å². The Morgan fingerprint density at radius 2 is 1.64 bits per heavy atom. The molecule has 0 saturated heterocycles. The summed E-state index contributed by atoms with van der Waals surface area (Å²) >= 11 is 11.9.